The molecule has 0 aliphatic heterocycles. The third-order valence-electron chi connectivity index (χ3n) is 0.981. The van der Waals surface area contributed by atoms with Crippen LogP contribution in [0, 0.1) is 0 Å². The van der Waals surface area contributed by atoms with E-state index in [-0.39, 0.29) is 19.2 Å². The molecule has 0 aromatic carbocycles. The number of rotatable bonds is 4. The molecule has 5 nitrogen and oxygen atoms in total. The van der Waals surface area contributed by atoms with Crippen LogP contribution in [0.3, 0.4) is 0 Å². The van der Waals surface area contributed by atoms with E-state index in [0.717, 1.165) is 0 Å². The monoisotopic (exact) mass is 176 g/mol. The number of esters is 1. The summed E-state index contributed by atoms with van der Waals surface area (Å²) in [6.45, 7) is 1.77. The number of methoxy groups -OCH3 is 1. The third-order valence-corrected chi connectivity index (χ3v) is 0.981. The molecule has 0 fully saturated rings. The molecule has 0 saturated heterocycles. The lowest BCUT2D eigenvalue weighted by atomic mass is 10.5. The standard InChI is InChI=1S/C7H12O5/c1-6(8)11-4-3-5-12-7(9)10-2/h3-5H2,1-2H3. The Balaban J connectivity index is 3.11. The minimum absolute atomic E-state index is 0.194. The Kier molecular flexibility index (Phi) is 5.77. The van der Waals surface area contributed by atoms with Crippen LogP contribution in [0.5, 0.6) is 0 Å². The van der Waals surface area contributed by atoms with Crippen LogP contribution in [0.15, 0.2) is 0 Å². The molecule has 0 rings (SSSR count). The highest BCUT2D eigenvalue weighted by atomic mass is 16.7. The maximum atomic E-state index is 10.4. The molecule has 0 aromatic rings. The normalized spacial score (nSPS) is 8.83. The van der Waals surface area contributed by atoms with E-state index in [4.69, 9.17) is 0 Å². The number of hydrogen-bond donors (Lipinski definition) is 0. The fourth-order valence-corrected chi connectivity index (χ4v) is 0.489. The van der Waals surface area contributed by atoms with E-state index in [0.29, 0.717) is 6.42 Å². The Morgan fingerprint density at radius 3 is 2.25 bits per heavy atom. The first-order valence-electron chi connectivity index (χ1n) is 3.51. The van der Waals surface area contributed by atoms with Gasteiger partial charge in [0.05, 0.1) is 20.3 Å². The van der Waals surface area contributed by atoms with Crippen molar-refractivity contribution in [1.82, 2.24) is 0 Å². The quantitative estimate of drug-likeness (QED) is 0.466. The van der Waals surface area contributed by atoms with Crippen molar-refractivity contribution in [2.75, 3.05) is 20.3 Å². The van der Waals surface area contributed by atoms with Crippen molar-refractivity contribution in [3.8, 4) is 0 Å². The van der Waals surface area contributed by atoms with Crippen LogP contribution in [0.4, 0.5) is 4.79 Å². The summed E-state index contributed by atoms with van der Waals surface area (Å²) in [7, 11) is 1.23. The molecule has 0 bridgehead atoms. The molecule has 0 radical (unpaired) electrons. The van der Waals surface area contributed by atoms with Crippen molar-refractivity contribution in [3.05, 3.63) is 0 Å². The van der Waals surface area contributed by atoms with Crippen LogP contribution in [-0.2, 0) is 19.0 Å². The summed E-state index contributed by atoms with van der Waals surface area (Å²) in [6.07, 6.45) is -0.243. The molecule has 0 N–H and O–H groups in total. The number of carbonyl (C=O) groups is 2. The molecule has 0 spiro atoms. The van der Waals surface area contributed by atoms with Gasteiger partial charge in [0.1, 0.15) is 0 Å². The van der Waals surface area contributed by atoms with Crippen molar-refractivity contribution < 1.29 is 23.8 Å². The summed E-state index contributed by atoms with van der Waals surface area (Å²) in [6, 6.07) is 0. The predicted octanol–water partition coefficient (Wildman–Crippen LogP) is 0.723. The summed E-state index contributed by atoms with van der Waals surface area (Å²) >= 11 is 0. The maximum absolute atomic E-state index is 10.4. The Morgan fingerprint density at radius 1 is 1.17 bits per heavy atom. The third kappa shape index (κ3) is 6.85. The lowest BCUT2D eigenvalue weighted by Gasteiger charge is -2.02. The molecule has 0 heterocycles. The minimum Gasteiger partial charge on any atom is -0.466 e. The van der Waals surface area contributed by atoms with Gasteiger partial charge in [0.2, 0.25) is 0 Å². The van der Waals surface area contributed by atoms with Crippen LogP contribution in [0.25, 0.3) is 0 Å². The second kappa shape index (κ2) is 6.45. The van der Waals surface area contributed by atoms with Gasteiger partial charge in [0.25, 0.3) is 0 Å². The highest BCUT2D eigenvalue weighted by molar-refractivity contribution is 5.65. The average Bonchev–Trinajstić information content (AvgIpc) is 2.03. The van der Waals surface area contributed by atoms with Gasteiger partial charge in [-0.15, -0.1) is 0 Å². The van der Waals surface area contributed by atoms with Crippen molar-refractivity contribution in [2.45, 2.75) is 13.3 Å². The van der Waals surface area contributed by atoms with Crippen LogP contribution in [-0.4, -0.2) is 32.4 Å². The molecule has 0 atom stereocenters. The largest absolute Gasteiger partial charge is 0.507 e. The smallest absolute Gasteiger partial charge is 0.466 e. The zero-order valence-electron chi connectivity index (χ0n) is 7.16. The Hall–Kier alpha value is -1.26. The number of ether oxygens (including phenoxy) is 3. The molecule has 0 unspecified atom stereocenters. The van der Waals surface area contributed by atoms with E-state index < -0.39 is 6.16 Å². The van der Waals surface area contributed by atoms with Gasteiger partial charge in [0.15, 0.2) is 0 Å². The number of carbonyl (C=O) groups excluding carboxylic acids is 2. The minimum atomic E-state index is -0.724. The molecule has 12 heavy (non-hydrogen) atoms. The van der Waals surface area contributed by atoms with Crippen molar-refractivity contribution in [2.24, 2.45) is 0 Å². The lowest BCUT2D eigenvalue weighted by Crippen LogP contribution is -2.08. The van der Waals surface area contributed by atoms with Crippen molar-refractivity contribution >= 4 is 12.1 Å². The van der Waals surface area contributed by atoms with Crippen molar-refractivity contribution in [1.29, 1.82) is 0 Å². The van der Waals surface area contributed by atoms with Gasteiger partial charge in [-0.05, 0) is 0 Å². The van der Waals surface area contributed by atoms with Crippen molar-refractivity contribution in [3.63, 3.8) is 0 Å². The van der Waals surface area contributed by atoms with E-state index in [9.17, 15) is 9.59 Å². The molecular weight excluding hydrogens is 164 g/mol. The van der Waals surface area contributed by atoms with E-state index >= 15 is 0 Å². The summed E-state index contributed by atoms with van der Waals surface area (Å²) in [5, 5.41) is 0. The first kappa shape index (κ1) is 10.7. The second-order valence-electron chi connectivity index (χ2n) is 2.00. The summed E-state index contributed by atoms with van der Waals surface area (Å²) < 4.78 is 13.3. The lowest BCUT2D eigenvalue weighted by molar-refractivity contribution is -0.141. The summed E-state index contributed by atoms with van der Waals surface area (Å²) in [4.78, 5) is 20.6. The van der Waals surface area contributed by atoms with Gasteiger partial charge in [0, 0.05) is 13.3 Å². The van der Waals surface area contributed by atoms with Crippen LogP contribution >= 0.6 is 0 Å². The fraction of sp³-hybridized carbons (Fsp3) is 0.714. The van der Waals surface area contributed by atoms with Crippen LogP contribution < -0.4 is 0 Å². The van der Waals surface area contributed by atoms with E-state index in [1.807, 2.05) is 0 Å². The molecular formula is C7H12O5. The van der Waals surface area contributed by atoms with Gasteiger partial charge in [-0.25, -0.2) is 4.79 Å². The SMILES string of the molecule is COC(=O)OCCCOC(C)=O. The molecule has 0 aliphatic carbocycles. The Morgan fingerprint density at radius 2 is 1.75 bits per heavy atom. The highest BCUT2D eigenvalue weighted by Crippen LogP contribution is 1.88. The van der Waals surface area contributed by atoms with E-state index in [1.165, 1.54) is 14.0 Å². The predicted molar refractivity (Wildman–Crippen MR) is 39.6 cm³/mol. The summed E-state index contributed by atoms with van der Waals surface area (Å²) in [5.74, 6) is -0.340. The molecule has 0 aromatic heterocycles. The van der Waals surface area contributed by atoms with Crippen LogP contribution in [0.2, 0.25) is 0 Å². The van der Waals surface area contributed by atoms with Gasteiger partial charge in [-0.2, -0.15) is 0 Å². The molecule has 0 saturated carbocycles. The first-order valence-corrected chi connectivity index (χ1v) is 3.51. The van der Waals surface area contributed by atoms with Gasteiger partial charge < -0.3 is 14.2 Å². The van der Waals surface area contributed by atoms with E-state index in [2.05, 4.69) is 14.2 Å². The fourth-order valence-electron chi connectivity index (χ4n) is 0.489. The van der Waals surface area contributed by atoms with Crippen LogP contribution in [0.1, 0.15) is 13.3 Å². The Labute approximate surface area is 70.6 Å². The zero-order chi connectivity index (χ0) is 9.40. The molecule has 0 amide bonds. The molecule has 70 valence electrons. The van der Waals surface area contributed by atoms with Gasteiger partial charge >= 0.3 is 12.1 Å². The summed E-state index contributed by atoms with van der Waals surface area (Å²) in [5.41, 5.74) is 0. The van der Waals surface area contributed by atoms with E-state index in [1.54, 1.807) is 0 Å². The second-order valence-corrected chi connectivity index (χ2v) is 2.00. The van der Waals surface area contributed by atoms with Gasteiger partial charge in [-0.1, -0.05) is 0 Å². The number of hydrogen-bond acceptors (Lipinski definition) is 5. The molecule has 5 heteroatoms. The highest BCUT2D eigenvalue weighted by Gasteiger charge is 1.99. The average molecular weight is 176 g/mol. The molecule has 0 aliphatic rings. The van der Waals surface area contributed by atoms with Gasteiger partial charge in [-0.3, -0.25) is 4.79 Å². The zero-order valence-corrected chi connectivity index (χ0v) is 7.16. The maximum Gasteiger partial charge on any atom is 0.507 e. The first-order chi connectivity index (χ1) is 5.66. The Bertz CT molecular complexity index is 154. The topological polar surface area (TPSA) is 61.8 Å².